The van der Waals surface area contributed by atoms with E-state index in [4.69, 9.17) is 73.0 Å². The lowest BCUT2D eigenvalue weighted by Gasteiger charge is -2.29. The second-order valence-corrected chi connectivity index (χ2v) is 15.0. The van der Waals surface area contributed by atoms with Gasteiger partial charge in [0.25, 0.3) is 0 Å². The minimum absolute atomic E-state index is 0.159. The fraction of sp³-hybridized carbons (Fsp3) is 0.162. The van der Waals surface area contributed by atoms with Gasteiger partial charge in [-0.15, -0.1) is 0 Å². The Balaban J connectivity index is 0.000000152. The average molecular weight is 957 g/mol. The number of halogens is 6. The maximum absolute atomic E-state index is 8.71. The lowest BCUT2D eigenvalue weighted by molar-refractivity contribution is 0.425. The number of aromatic nitrogens is 11. The lowest BCUT2D eigenvalue weighted by atomic mass is 9.81. The zero-order chi connectivity index (χ0) is 41.7. The number of rotatable bonds is 6. The van der Waals surface area contributed by atoms with Crippen molar-refractivity contribution in [2.24, 2.45) is 0 Å². The molecule has 59 heavy (non-hydrogen) atoms. The lowest BCUT2D eigenvalue weighted by Crippen LogP contribution is -2.32. The van der Waals surface area contributed by atoms with E-state index in [0.29, 0.717) is 43.2 Å². The highest BCUT2D eigenvalue weighted by Gasteiger charge is 2.24. The number of hydrogen-bond acceptors (Lipinski definition) is 15. The maximum atomic E-state index is 8.71. The molecule has 1 fully saturated rings. The van der Waals surface area contributed by atoms with E-state index in [2.05, 4.69) is 76.0 Å². The van der Waals surface area contributed by atoms with Gasteiger partial charge in [-0.05, 0) is 65.2 Å². The summed E-state index contributed by atoms with van der Waals surface area (Å²) < 4.78 is 0.634. The van der Waals surface area contributed by atoms with Gasteiger partial charge in [0.1, 0.15) is 16.1 Å². The van der Waals surface area contributed by atoms with Crippen LogP contribution in [-0.4, -0.2) is 84.6 Å². The molecule has 0 spiro atoms. The third kappa shape index (κ3) is 13.1. The summed E-state index contributed by atoms with van der Waals surface area (Å²) in [5, 5.41) is 22.6. The van der Waals surface area contributed by atoms with Crippen LogP contribution in [0.1, 0.15) is 24.1 Å². The number of fused-ring (bicyclic) bond motifs is 1. The Morgan fingerprint density at radius 2 is 1.19 bits per heavy atom. The molecule has 22 heteroatoms. The molecule has 2 aliphatic rings. The standard InChI is InChI=1S/C19H18ClN7.C9H5Cl2N3.C5H4BCl2NO2.C4H3BrN2/c20-15-10-23-17(8-14(15)18-21-5-1-6-22-18)27-7-4-16-12(11-27)9-24-19(26-16)25-13-2-3-13;10-7-5-14-8(11)4-6(7)9-12-2-1-3-13-9;7-4-2-9-5(8)1-3(4)6(10)11;5-4-6-2-1-3-7-4/h1,5-6,8-10,13H,2-4,7,11H2,(H,24,25,26);1-5H;1-2,10-11H;1-3H. The van der Waals surface area contributed by atoms with Gasteiger partial charge in [0.05, 0.1) is 20.8 Å². The predicted octanol–water partition coefficient (Wildman–Crippen LogP) is 7.27. The number of nitrogens with zero attached hydrogens (tertiary/aromatic N) is 12. The van der Waals surface area contributed by atoms with Crippen molar-refractivity contribution >= 4 is 98.3 Å². The van der Waals surface area contributed by atoms with Crippen molar-refractivity contribution in [3.63, 3.8) is 0 Å². The molecule has 0 unspecified atom stereocenters. The topological polar surface area (TPSA) is 198 Å². The molecule has 0 amide bonds. The van der Waals surface area contributed by atoms with Gasteiger partial charge in [0.2, 0.25) is 5.95 Å². The molecule has 3 N–H and O–H groups in total. The zero-order valence-corrected chi connectivity index (χ0v) is 35.8. The Kier molecular flexibility index (Phi) is 16.0. The van der Waals surface area contributed by atoms with E-state index in [-0.39, 0.29) is 15.6 Å². The van der Waals surface area contributed by atoms with Gasteiger partial charge in [0.15, 0.2) is 16.4 Å². The number of pyridine rings is 3. The van der Waals surface area contributed by atoms with Gasteiger partial charge >= 0.3 is 7.12 Å². The van der Waals surface area contributed by atoms with Crippen molar-refractivity contribution in [2.75, 3.05) is 16.8 Å². The van der Waals surface area contributed by atoms with Crippen LogP contribution in [-0.2, 0) is 13.0 Å². The van der Waals surface area contributed by atoms with Gasteiger partial charge in [-0.1, -0.05) is 58.0 Å². The van der Waals surface area contributed by atoms with E-state index in [1.807, 2.05) is 12.3 Å². The van der Waals surface area contributed by atoms with Gasteiger partial charge in [0, 0.05) is 110 Å². The molecule has 0 atom stereocenters. The zero-order valence-electron chi connectivity index (χ0n) is 30.5. The Hall–Kier alpha value is -4.72. The minimum Gasteiger partial charge on any atom is -0.423 e. The van der Waals surface area contributed by atoms with Gasteiger partial charge in [-0.2, -0.15) is 0 Å². The third-order valence-corrected chi connectivity index (χ3v) is 9.85. The van der Waals surface area contributed by atoms with Gasteiger partial charge < -0.3 is 20.3 Å². The van der Waals surface area contributed by atoms with Gasteiger partial charge in [-0.25, -0.2) is 54.8 Å². The molecule has 0 aromatic carbocycles. The largest absolute Gasteiger partial charge is 0.490 e. The van der Waals surface area contributed by atoms with Crippen LogP contribution in [0.25, 0.3) is 22.8 Å². The van der Waals surface area contributed by atoms with Crippen molar-refractivity contribution in [1.29, 1.82) is 0 Å². The molecule has 0 saturated heterocycles. The molecule has 1 saturated carbocycles. The average Bonchev–Trinajstić information content (AvgIpc) is 4.08. The van der Waals surface area contributed by atoms with Crippen LogP contribution < -0.4 is 15.7 Å². The van der Waals surface area contributed by atoms with Crippen LogP contribution in [0.15, 0.2) is 103 Å². The van der Waals surface area contributed by atoms with Crippen molar-refractivity contribution in [1.82, 2.24) is 54.8 Å². The SMILES string of the molecule is Brc1ncccn1.Clc1cc(-c2ncccn2)c(Cl)cn1.Clc1cnc(N2CCc3nc(NC4CC4)ncc3C2)cc1-c1ncccn1.OB(O)c1cc(Cl)ncc1Cl. The Labute approximate surface area is 372 Å². The first-order valence-corrected chi connectivity index (χ1v) is 20.2. The smallest absolute Gasteiger partial charge is 0.423 e. The Morgan fingerprint density at radius 3 is 1.73 bits per heavy atom. The molecule has 9 rings (SSSR count). The summed E-state index contributed by atoms with van der Waals surface area (Å²) in [7, 11) is -1.61. The summed E-state index contributed by atoms with van der Waals surface area (Å²) in [6.45, 7) is 1.57. The maximum Gasteiger partial charge on any atom is 0.490 e. The Morgan fingerprint density at radius 1 is 0.644 bits per heavy atom. The van der Waals surface area contributed by atoms with Gasteiger partial charge in [-0.3, -0.25) is 0 Å². The normalized spacial score (nSPS) is 12.6. The summed E-state index contributed by atoms with van der Waals surface area (Å²) in [5.41, 5.74) is 3.88. The third-order valence-electron chi connectivity index (χ3n) is 8.11. The van der Waals surface area contributed by atoms with Crippen molar-refractivity contribution in [3.05, 3.63) is 140 Å². The van der Waals surface area contributed by atoms with Crippen LogP contribution in [0.3, 0.4) is 0 Å². The highest BCUT2D eigenvalue weighted by atomic mass is 79.9. The van der Waals surface area contributed by atoms with Crippen molar-refractivity contribution in [3.8, 4) is 22.8 Å². The fourth-order valence-electron chi connectivity index (χ4n) is 5.13. The summed E-state index contributed by atoms with van der Waals surface area (Å²) in [4.78, 5) is 47.7. The molecule has 8 heterocycles. The van der Waals surface area contributed by atoms with Crippen LogP contribution >= 0.6 is 73.9 Å². The van der Waals surface area contributed by atoms with Crippen LogP contribution in [0.4, 0.5) is 11.8 Å². The monoisotopic (exact) mass is 953 g/mol. The minimum atomic E-state index is -1.61. The summed E-state index contributed by atoms with van der Waals surface area (Å²) in [5.74, 6) is 2.75. The molecular formula is C37H30BBrCl5N13O2. The molecule has 1 aliphatic carbocycles. The molecule has 1 aliphatic heterocycles. The number of nitrogens with one attached hydrogen (secondary N) is 1. The van der Waals surface area contributed by atoms with E-state index >= 15 is 0 Å². The molecule has 0 bridgehead atoms. The van der Waals surface area contributed by atoms with Crippen molar-refractivity contribution in [2.45, 2.75) is 31.8 Å². The highest BCUT2D eigenvalue weighted by Crippen LogP contribution is 2.31. The molecule has 300 valence electrons. The second kappa shape index (κ2) is 21.5. The first kappa shape index (κ1) is 43.9. The summed E-state index contributed by atoms with van der Waals surface area (Å²) >= 11 is 32.1. The predicted molar refractivity (Wildman–Crippen MR) is 233 cm³/mol. The van der Waals surface area contributed by atoms with E-state index in [0.717, 1.165) is 48.1 Å². The van der Waals surface area contributed by atoms with E-state index < -0.39 is 7.12 Å². The quantitative estimate of drug-likeness (QED) is 0.0854. The Bertz CT molecular complexity index is 2450. The number of anilines is 2. The van der Waals surface area contributed by atoms with Crippen LogP contribution in [0, 0.1) is 0 Å². The van der Waals surface area contributed by atoms with Crippen LogP contribution in [0.5, 0.6) is 0 Å². The molecule has 7 aromatic rings. The molecular weight excluding hydrogens is 926 g/mol. The summed E-state index contributed by atoms with van der Waals surface area (Å²) in [6, 6.07) is 10.7. The van der Waals surface area contributed by atoms with Crippen molar-refractivity contribution < 1.29 is 10.0 Å². The molecule has 0 radical (unpaired) electrons. The van der Waals surface area contributed by atoms with E-state index in [1.54, 1.807) is 67.6 Å². The van der Waals surface area contributed by atoms with Crippen LogP contribution in [0.2, 0.25) is 25.4 Å². The first-order valence-electron chi connectivity index (χ1n) is 17.5. The molecule has 15 nitrogen and oxygen atoms in total. The number of hydrogen-bond donors (Lipinski definition) is 3. The first-order chi connectivity index (χ1) is 28.5. The fourth-order valence-corrected chi connectivity index (χ4v) is 6.27. The summed E-state index contributed by atoms with van der Waals surface area (Å²) in [6.07, 6.45) is 19.7. The van der Waals surface area contributed by atoms with E-state index in [9.17, 15) is 0 Å². The highest BCUT2D eigenvalue weighted by molar-refractivity contribution is 9.10. The second-order valence-electron chi connectivity index (χ2n) is 12.3. The van der Waals surface area contributed by atoms with E-state index in [1.165, 1.54) is 31.3 Å². The molecule has 7 aromatic heterocycles.